The Morgan fingerprint density at radius 1 is 0.737 bits per heavy atom. The van der Waals surface area contributed by atoms with Crippen molar-refractivity contribution in [1.29, 1.82) is 0 Å². The van der Waals surface area contributed by atoms with E-state index in [0.717, 1.165) is 0 Å². The molecule has 0 amide bonds. The fraction of sp³-hybridized carbons (Fsp3) is 0.125. The van der Waals surface area contributed by atoms with Crippen LogP contribution >= 0.6 is 0 Å². The molecular weight excluding hydrogens is 457 g/mol. The van der Waals surface area contributed by atoms with E-state index in [-0.39, 0.29) is 26.8 Å². The molecule has 0 saturated heterocycles. The van der Waals surface area contributed by atoms with Gasteiger partial charge in [0.1, 0.15) is 0 Å². The first-order valence-corrected chi connectivity index (χ1v) is 2.47. The first kappa shape index (κ1) is 43.1. The second-order valence-electron chi connectivity index (χ2n) is 0.906. The molecule has 0 heterocycles. The average molecular weight is 457 g/mol. The third kappa shape index (κ3) is 80.0. The van der Waals surface area contributed by atoms with Gasteiger partial charge in [-0.3, -0.25) is 6.33 Å². The molecule has 0 bridgehead atoms. The van der Waals surface area contributed by atoms with Crippen molar-refractivity contribution in [3.63, 3.8) is 0 Å². The Kier molecular flexibility index (Phi) is 123. The van der Waals surface area contributed by atoms with Gasteiger partial charge in [0, 0.05) is 20.4 Å². The van der Waals surface area contributed by atoms with Crippen LogP contribution in [0, 0.1) is 39.6 Å². The second kappa shape index (κ2) is 54.3. The molecule has 0 aliphatic heterocycles. The Morgan fingerprint density at radius 2 is 0.895 bits per heavy atom. The van der Waals surface area contributed by atoms with Gasteiger partial charge in [-0.25, -0.2) is 4.39 Å². The zero-order valence-electron chi connectivity index (χ0n) is 8.31. The van der Waals surface area contributed by atoms with E-state index in [1.807, 2.05) is 0 Å². The molecule has 0 saturated carbocycles. The minimum absolute atomic E-state index is 0. The van der Waals surface area contributed by atoms with Crippen LogP contribution in [0.3, 0.4) is 0 Å². The summed E-state index contributed by atoms with van der Waals surface area (Å²) in [5.41, 5.74) is 0. The molecule has 0 unspecified atom stereocenters. The van der Waals surface area contributed by atoms with Gasteiger partial charge in [0.25, 0.3) is 0 Å². The van der Waals surface area contributed by atoms with Gasteiger partial charge in [-0.1, -0.05) is 0 Å². The zero-order chi connectivity index (χ0) is 16.8. The Balaban J connectivity index is -0.0000000223. The predicted octanol–water partition coefficient (Wildman–Crippen LogP) is 1.94. The van der Waals surface area contributed by atoms with E-state index >= 15 is 0 Å². The van der Waals surface area contributed by atoms with Gasteiger partial charge in [0.2, 0.25) is 0 Å². The van der Waals surface area contributed by atoms with Crippen molar-refractivity contribution in [3.8, 4) is 0 Å². The summed E-state index contributed by atoms with van der Waals surface area (Å²) in [5.74, 6) is -2.84. The first-order chi connectivity index (χ1) is 8.48. The molecule has 0 aromatic rings. The standard InChI is InChI=1S/C3F5.5CO.Re/c4-1-2(5)3(6,7)8;5*1-2;/q-1;;;;;;. The maximum atomic E-state index is 10.9. The van der Waals surface area contributed by atoms with Crippen LogP contribution < -0.4 is 0 Å². The normalized spacial score (nSPS) is 6.58. The van der Waals surface area contributed by atoms with E-state index in [9.17, 15) is 22.0 Å². The van der Waals surface area contributed by atoms with Gasteiger partial charge in [0.05, 0.1) is 5.83 Å². The van der Waals surface area contributed by atoms with Crippen molar-refractivity contribution in [2.24, 2.45) is 0 Å². The first-order valence-electron chi connectivity index (χ1n) is 2.47. The van der Waals surface area contributed by atoms with Crippen LogP contribution in [0.1, 0.15) is 0 Å². The molecule has 0 atom stereocenters. The summed E-state index contributed by atoms with van der Waals surface area (Å²) >= 11 is 0. The topological polar surface area (TPSA) is 99.5 Å². The van der Waals surface area contributed by atoms with Gasteiger partial charge < -0.3 is 4.39 Å². The van der Waals surface area contributed by atoms with Gasteiger partial charge >= 0.3 is 62.7 Å². The van der Waals surface area contributed by atoms with Gasteiger partial charge in [0.15, 0.2) is 0 Å². The third-order valence-corrected chi connectivity index (χ3v) is 0.332. The van der Waals surface area contributed by atoms with E-state index in [0.29, 0.717) is 0 Å². The molecule has 1 radical (unpaired) electrons. The number of alkyl halides is 3. The van der Waals surface area contributed by atoms with Crippen molar-refractivity contribution in [2.45, 2.75) is 6.18 Å². The summed E-state index contributed by atoms with van der Waals surface area (Å²) in [6, 6.07) is 0. The fourth-order valence-corrected chi connectivity index (χ4v) is 0.0536. The minimum atomic E-state index is -5.23. The number of hydrogen-bond acceptors (Lipinski definition) is 0. The van der Waals surface area contributed by atoms with Crippen LogP contribution in [-0.2, 0) is 43.7 Å². The van der Waals surface area contributed by atoms with Crippen LogP contribution in [0.25, 0.3) is 0 Å². The van der Waals surface area contributed by atoms with Crippen LogP contribution in [0.4, 0.5) is 22.0 Å². The molecule has 0 N–H and O–H groups in total. The van der Waals surface area contributed by atoms with Crippen molar-refractivity contribution in [3.05, 3.63) is 45.4 Å². The van der Waals surface area contributed by atoms with E-state index < -0.39 is 12.0 Å². The largest absolute Gasteiger partial charge is 0 e. The molecule has 0 fully saturated rings. The average Bonchev–Trinajstić information content (AvgIpc) is 2.47. The van der Waals surface area contributed by atoms with E-state index in [2.05, 4.69) is 33.3 Å². The van der Waals surface area contributed by atoms with Crippen LogP contribution in [-0.4, -0.2) is 6.18 Å². The molecular formula is C8F5O5Re-. The van der Waals surface area contributed by atoms with Gasteiger partial charge in [-0.15, -0.1) is 0 Å². The van der Waals surface area contributed by atoms with Gasteiger partial charge in [-0.05, 0) is 0 Å². The summed E-state index contributed by atoms with van der Waals surface area (Å²) in [5, 5.41) is 0. The van der Waals surface area contributed by atoms with Gasteiger partial charge in [-0.2, -0.15) is 13.2 Å². The predicted molar refractivity (Wildman–Crippen MR) is 34.7 cm³/mol. The summed E-state index contributed by atoms with van der Waals surface area (Å²) in [7, 11) is 0. The second-order valence-corrected chi connectivity index (χ2v) is 0.906. The SMILES string of the molecule is F[C-]=C(F)C(F)(F)F.[C-]#[O+].[C-]#[O+].[C-]#[O+].[C-]#[O+].[C-]#[O+].[Re]. The summed E-state index contributed by atoms with van der Waals surface area (Å²) in [6.45, 7) is 22.5. The summed E-state index contributed by atoms with van der Waals surface area (Å²) < 4.78 is 91.1. The van der Waals surface area contributed by atoms with E-state index in [4.69, 9.17) is 23.3 Å². The van der Waals surface area contributed by atoms with E-state index in [1.54, 1.807) is 0 Å². The maximum Gasteiger partial charge on any atom is 0 e. The Morgan fingerprint density at radius 3 is 0.895 bits per heavy atom. The molecule has 0 aromatic carbocycles. The van der Waals surface area contributed by atoms with Crippen molar-refractivity contribution < 1.29 is 65.6 Å². The number of rotatable bonds is 0. The number of halogens is 5. The monoisotopic (exact) mass is 458 g/mol. The molecule has 0 aliphatic rings. The Labute approximate surface area is 118 Å². The number of allylic oxidation sites excluding steroid dienone is 1. The maximum absolute atomic E-state index is 10.9. The molecule has 0 aliphatic carbocycles. The molecule has 19 heavy (non-hydrogen) atoms. The molecule has 0 spiro atoms. The molecule has 0 aromatic heterocycles. The molecule has 105 valence electrons. The van der Waals surface area contributed by atoms with Crippen LogP contribution in [0.5, 0.6) is 0 Å². The smallest absolute Gasteiger partial charge is 0 e. The van der Waals surface area contributed by atoms with Crippen LogP contribution in [0.15, 0.2) is 5.83 Å². The minimum Gasteiger partial charge on any atom is 0 e. The summed E-state index contributed by atoms with van der Waals surface area (Å²) in [4.78, 5) is 0. The Bertz CT molecular complexity index is 241. The Hall–Kier alpha value is -1.25. The van der Waals surface area contributed by atoms with Crippen molar-refractivity contribution in [2.75, 3.05) is 0 Å². The summed E-state index contributed by atoms with van der Waals surface area (Å²) in [6.07, 6.45) is -5.40. The molecule has 0 rings (SSSR count). The molecule has 11 heteroatoms. The zero-order valence-corrected chi connectivity index (χ0v) is 11.0. The third-order valence-electron chi connectivity index (χ3n) is 0.332. The van der Waals surface area contributed by atoms with Crippen LogP contribution in [0.2, 0.25) is 0 Å². The molecule has 5 nitrogen and oxygen atoms in total. The fourth-order valence-electron chi connectivity index (χ4n) is 0.0536. The van der Waals surface area contributed by atoms with Crippen molar-refractivity contribution >= 4 is 0 Å². The van der Waals surface area contributed by atoms with Crippen molar-refractivity contribution in [1.82, 2.24) is 0 Å². The number of hydrogen-bond donors (Lipinski definition) is 0. The van der Waals surface area contributed by atoms with E-state index in [1.165, 1.54) is 0 Å². The quantitative estimate of drug-likeness (QED) is 0.302.